The molecule has 0 saturated carbocycles. The number of hydrogen-bond donors (Lipinski definition) is 2. The molecule has 0 aromatic carbocycles. The normalized spacial score (nSPS) is 7.78. The molecule has 0 fully saturated rings. The van der Waals surface area contributed by atoms with Crippen LogP contribution in [-0.2, 0) is 4.79 Å². The van der Waals surface area contributed by atoms with Gasteiger partial charge in [-0.15, -0.1) is 0 Å². The Kier molecular flexibility index (Phi) is 11.2. The zero-order valence-electron chi connectivity index (χ0n) is 5.81. The van der Waals surface area contributed by atoms with Gasteiger partial charge in [-0.25, -0.2) is 5.84 Å². The number of nitrogens with two attached hydrogens (primary N) is 1. The molecule has 0 aliphatic rings. The quantitative estimate of drug-likeness (QED) is 0.311. The Morgan fingerprint density at radius 2 is 2.22 bits per heavy atom. The first-order valence-corrected chi connectivity index (χ1v) is 2.80. The third-order valence-electron chi connectivity index (χ3n) is 0.918. The molecule has 4 heteroatoms. The summed E-state index contributed by atoms with van der Waals surface area (Å²) in [7, 11) is 0. The van der Waals surface area contributed by atoms with E-state index in [0.717, 1.165) is 12.8 Å². The van der Waals surface area contributed by atoms with Crippen LogP contribution in [-0.4, -0.2) is 33.2 Å². The Balaban J connectivity index is 0. The molecule has 1 amide bonds. The van der Waals surface area contributed by atoms with Crippen molar-refractivity contribution < 1.29 is 4.79 Å². The zero-order valence-corrected chi connectivity index (χ0v) is 11.3. The fourth-order valence-electron chi connectivity index (χ4n) is 0.410. The summed E-state index contributed by atoms with van der Waals surface area (Å²) in [4.78, 5) is 10.3. The van der Waals surface area contributed by atoms with Gasteiger partial charge in [0.05, 0.1) is 0 Å². The van der Waals surface area contributed by atoms with Crippen LogP contribution < -0.4 is 11.3 Å². The first-order chi connectivity index (χ1) is 3.81. The van der Waals surface area contributed by atoms with E-state index in [1.54, 1.807) is 0 Å². The van der Waals surface area contributed by atoms with Crippen LogP contribution >= 0.6 is 0 Å². The molecule has 0 rings (SSSR count). The molecule has 54 valence electrons. The molecule has 0 heterocycles. The van der Waals surface area contributed by atoms with Gasteiger partial charge in [0.2, 0.25) is 5.91 Å². The van der Waals surface area contributed by atoms with Gasteiger partial charge in [0.1, 0.15) is 0 Å². The van der Waals surface area contributed by atoms with Gasteiger partial charge < -0.3 is 0 Å². The molecule has 0 aliphatic heterocycles. The third kappa shape index (κ3) is 8.35. The maximum absolute atomic E-state index is 10.3. The fourth-order valence-corrected chi connectivity index (χ4v) is 0.410. The molecular formula is C5H14N2OPb. The molecule has 2 radical (unpaired) electrons. The molecule has 0 saturated heterocycles. The Bertz CT molecular complexity index is 77.4. The number of hydrogen-bond acceptors (Lipinski definition) is 2. The number of carbonyl (C=O) groups excluding carboxylic acids is 1. The average Bonchev–Trinajstić information content (AvgIpc) is 1.83. The first kappa shape index (κ1) is 12.1. The minimum absolute atomic E-state index is 0. The summed E-state index contributed by atoms with van der Waals surface area (Å²) < 4.78 is 0. The summed E-state index contributed by atoms with van der Waals surface area (Å²) in [5, 5.41) is 0. The second kappa shape index (κ2) is 8.35. The monoisotopic (exact) mass is 326 g/mol. The summed E-state index contributed by atoms with van der Waals surface area (Å²) in [6.45, 7) is 2.03. The van der Waals surface area contributed by atoms with E-state index in [4.69, 9.17) is 5.84 Å². The second-order valence-electron chi connectivity index (χ2n) is 1.67. The van der Waals surface area contributed by atoms with Crippen molar-refractivity contribution in [3.63, 3.8) is 0 Å². The number of nitrogens with one attached hydrogen (secondary N) is 1. The van der Waals surface area contributed by atoms with Crippen molar-refractivity contribution in [2.24, 2.45) is 5.84 Å². The van der Waals surface area contributed by atoms with Crippen molar-refractivity contribution in [1.82, 2.24) is 5.43 Å². The van der Waals surface area contributed by atoms with Crippen LogP contribution in [0.3, 0.4) is 0 Å². The summed E-state index contributed by atoms with van der Waals surface area (Å²) in [5.41, 5.74) is 2.06. The zero-order chi connectivity index (χ0) is 6.41. The third-order valence-corrected chi connectivity index (χ3v) is 0.918. The van der Waals surface area contributed by atoms with E-state index in [1.807, 2.05) is 6.92 Å². The van der Waals surface area contributed by atoms with Crippen LogP contribution in [0, 0.1) is 0 Å². The van der Waals surface area contributed by atoms with Crippen LogP contribution in [0.15, 0.2) is 0 Å². The van der Waals surface area contributed by atoms with Crippen molar-refractivity contribution in [3.8, 4) is 0 Å². The summed E-state index contributed by atoms with van der Waals surface area (Å²) in [6.07, 6.45) is 2.50. The van der Waals surface area contributed by atoms with E-state index in [0.29, 0.717) is 6.42 Å². The predicted molar refractivity (Wildman–Crippen MR) is 40.4 cm³/mol. The molecule has 0 aromatic rings. The molecule has 3 N–H and O–H groups in total. The predicted octanol–water partition coefficient (Wildman–Crippen LogP) is -0.750. The van der Waals surface area contributed by atoms with Crippen LogP contribution in [0.25, 0.3) is 0 Å². The Morgan fingerprint density at radius 3 is 2.56 bits per heavy atom. The molecular weight excluding hydrogens is 311 g/mol. The summed E-state index contributed by atoms with van der Waals surface area (Å²) in [6, 6.07) is 0. The van der Waals surface area contributed by atoms with Crippen LogP contribution in [0.2, 0.25) is 0 Å². The van der Waals surface area contributed by atoms with E-state index >= 15 is 0 Å². The molecule has 0 bridgehead atoms. The van der Waals surface area contributed by atoms with Gasteiger partial charge in [-0.2, -0.15) is 0 Å². The van der Waals surface area contributed by atoms with Gasteiger partial charge >= 0.3 is 27.3 Å². The van der Waals surface area contributed by atoms with Crippen LogP contribution in [0.4, 0.5) is 0 Å². The first-order valence-electron chi connectivity index (χ1n) is 2.80. The Morgan fingerprint density at radius 1 is 1.67 bits per heavy atom. The van der Waals surface area contributed by atoms with Gasteiger partial charge in [-0.3, -0.25) is 10.2 Å². The van der Waals surface area contributed by atoms with Gasteiger partial charge in [0, 0.05) is 6.42 Å². The molecule has 0 aliphatic carbocycles. The topological polar surface area (TPSA) is 55.1 Å². The van der Waals surface area contributed by atoms with Crippen LogP contribution in [0.1, 0.15) is 26.2 Å². The van der Waals surface area contributed by atoms with Crippen molar-refractivity contribution in [2.45, 2.75) is 26.2 Å². The number of unbranched alkanes of at least 4 members (excludes halogenated alkanes) is 1. The van der Waals surface area contributed by atoms with Gasteiger partial charge in [0.15, 0.2) is 0 Å². The number of hydrazine groups is 1. The SMILES string of the molecule is CCCCC(=O)NN.[PbH2]. The van der Waals surface area contributed by atoms with E-state index in [1.165, 1.54) is 0 Å². The van der Waals surface area contributed by atoms with E-state index in [2.05, 4.69) is 5.43 Å². The molecule has 0 spiro atoms. The number of amides is 1. The van der Waals surface area contributed by atoms with E-state index < -0.39 is 0 Å². The number of rotatable bonds is 3. The molecule has 0 atom stereocenters. The molecule has 0 unspecified atom stereocenters. The van der Waals surface area contributed by atoms with Gasteiger partial charge in [0.25, 0.3) is 0 Å². The van der Waals surface area contributed by atoms with Crippen molar-refractivity contribution >= 4 is 33.2 Å². The Hall–Kier alpha value is 0.352. The summed E-state index contributed by atoms with van der Waals surface area (Å²) >= 11 is 0. The molecule has 0 aromatic heterocycles. The van der Waals surface area contributed by atoms with Gasteiger partial charge in [-0.1, -0.05) is 13.3 Å². The van der Waals surface area contributed by atoms with Crippen molar-refractivity contribution in [1.29, 1.82) is 0 Å². The molecule has 3 nitrogen and oxygen atoms in total. The van der Waals surface area contributed by atoms with Crippen molar-refractivity contribution in [3.05, 3.63) is 0 Å². The maximum atomic E-state index is 10.3. The number of carbonyl (C=O) groups is 1. The van der Waals surface area contributed by atoms with E-state index in [-0.39, 0.29) is 33.2 Å². The molecule has 9 heavy (non-hydrogen) atoms. The van der Waals surface area contributed by atoms with Crippen molar-refractivity contribution in [2.75, 3.05) is 0 Å². The summed E-state index contributed by atoms with van der Waals surface area (Å²) in [5.74, 6) is 4.74. The average molecular weight is 325 g/mol. The standard InChI is InChI=1S/C5H12N2O.Pb.2H/c1-2-3-4-5(8)7-6;;;/h2-4,6H2,1H3,(H,7,8);;;. The minimum atomic E-state index is -0.0770. The van der Waals surface area contributed by atoms with Crippen LogP contribution in [0.5, 0.6) is 0 Å². The van der Waals surface area contributed by atoms with Gasteiger partial charge in [-0.05, 0) is 6.42 Å². The second-order valence-corrected chi connectivity index (χ2v) is 1.67. The van der Waals surface area contributed by atoms with E-state index in [9.17, 15) is 4.79 Å². The fraction of sp³-hybridized carbons (Fsp3) is 0.800. The Labute approximate surface area is 75.5 Å².